The van der Waals surface area contributed by atoms with Gasteiger partial charge in [-0.3, -0.25) is 4.79 Å². The third kappa shape index (κ3) is 1.93. The SMILES string of the molecule is COC1C=CC(=O)C(C(C)C)O1. The molecule has 3 heteroatoms. The maximum absolute atomic E-state index is 11.2. The van der Waals surface area contributed by atoms with Gasteiger partial charge in [-0.25, -0.2) is 0 Å². The van der Waals surface area contributed by atoms with E-state index in [4.69, 9.17) is 9.47 Å². The predicted octanol–water partition coefficient (Wildman–Crippen LogP) is 1.14. The van der Waals surface area contributed by atoms with E-state index in [1.807, 2.05) is 13.8 Å². The van der Waals surface area contributed by atoms with E-state index in [2.05, 4.69) is 0 Å². The Balaban J connectivity index is 2.66. The highest BCUT2D eigenvalue weighted by Crippen LogP contribution is 2.16. The van der Waals surface area contributed by atoms with Crippen LogP contribution in [-0.4, -0.2) is 25.3 Å². The Kier molecular flexibility index (Phi) is 3.00. The van der Waals surface area contributed by atoms with Crippen LogP contribution in [0.25, 0.3) is 0 Å². The molecule has 0 aliphatic carbocycles. The molecule has 1 aliphatic heterocycles. The van der Waals surface area contributed by atoms with Gasteiger partial charge in [0.05, 0.1) is 0 Å². The number of ether oxygens (including phenoxy) is 2. The minimum Gasteiger partial charge on any atom is -0.352 e. The van der Waals surface area contributed by atoms with Crippen LogP contribution in [0.2, 0.25) is 0 Å². The van der Waals surface area contributed by atoms with Crippen molar-refractivity contribution in [1.82, 2.24) is 0 Å². The van der Waals surface area contributed by atoms with Gasteiger partial charge < -0.3 is 9.47 Å². The zero-order valence-electron chi connectivity index (χ0n) is 7.61. The number of hydrogen-bond donors (Lipinski definition) is 0. The first-order valence-electron chi connectivity index (χ1n) is 4.05. The zero-order valence-corrected chi connectivity index (χ0v) is 7.61. The Hall–Kier alpha value is -0.670. The van der Waals surface area contributed by atoms with Crippen molar-refractivity contribution in [2.75, 3.05) is 7.11 Å². The van der Waals surface area contributed by atoms with Gasteiger partial charge in [0.15, 0.2) is 12.1 Å². The van der Waals surface area contributed by atoms with Crippen LogP contribution in [0.5, 0.6) is 0 Å². The third-order valence-electron chi connectivity index (χ3n) is 1.82. The molecule has 0 amide bonds. The maximum Gasteiger partial charge on any atom is 0.184 e. The van der Waals surface area contributed by atoms with E-state index in [1.54, 1.807) is 13.2 Å². The van der Waals surface area contributed by atoms with Crippen LogP contribution in [-0.2, 0) is 14.3 Å². The summed E-state index contributed by atoms with van der Waals surface area (Å²) < 4.78 is 10.3. The summed E-state index contributed by atoms with van der Waals surface area (Å²) in [7, 11) is 1.56. The highest BCUT2D eigenvalue weighted by atomic mass is 16.7. The fourth-order valence-corrected chi connectivity index (χ4v) is 1.14. The highest BCUT2D eigenvalue weighted by Gasteiger charge is 2.27. The van der Waals surface area contributed by atoms with Crippen molar-refractivity contribution >= 4 is 5.78 Å². The second kappa shape index (κ2) is 3.83. The van der Waals surface area contributed by atoms with Gasteiger partial charge in [0.2, 0.25) is 0 Å². The fourth-order valence-electron chi connectivity index (χ4n) is 1.14. The summed E-state index contributed by atoms with van der Waals surface area (Å²) in [5.74, 6) is 0.221. The normalized spacial score (nSPS) is 29.8. The van der Waals surface area contributed by atoms with Crippen molar-refractivity contribution < 1.29 is 14.3 Å². The zero-order chi connectivity index (χ0) is 9.14. The molecular formula is C9H14O3. The van der Waals surface area contributed by atoms with Gasteiger partial charge in [-0.15, -0.1) is 0 Å². The van der Waals surface area contributed by atoms with Gasteiger partial charge in [0, 0.05) is 7.11 Å². The first kappa shape index (κ1) is 9.42. The van der Waals surface area contributed by atoms with Crippen molar-refractivity contribution in [2.45, 2.75) is 26.2 Å². The second-order valence-corrected chi connectivity index (χ2v) is 3.17. The molecule has 1 heterocycles. The number of carbonyl (C=O) groups excluding carboxylic acids is 1. The number of carbonyl (C=O) groups is 1. The minimum atomic E-state index is -0.366. The summed E-state index contributed by atoms with van der Waals surface area (Å²) in [6.45, 7) is 3.91. The minimum absolute atomic E-state index is 0.0262. The van der Waals surface area contributed by atoms with Gasteiger partial charge >= 0.3 is 0 Å². The number of ketones is 1. The Labute approximate surface area is 72.4 Å². The van der Waals surface area contributed by atoms with E-state index in [0.717, 1.165) is 0 Å². The molecular weight excluding hydrogens is 156 g/mol. The molecule has 0 aromatic rings. The van der Waals surface area contributed by atoms with E-state index in [1.165, 1.54) is 6.08 Å². The quantitative estimate of drug-likeness (QED) is 0.623. The van der Waals surface area contributed by atoms with Gasteiger partial charge in [-0.2, -0.15) is 0 Å². The van der Waals surface area contributed by atoms with E-state index in [-0.39, 0.29) is 24.1 Å². The van der Waals surface area contributed by atoms with Crippen LogP contribution < -0.4 is 0 Å². The lowest BCUT2D eigenvalue weighted by Gasteiger charge is -2.26. The molecule has 0 spiro atoms. The summed E-state index contributed by atoms with van der Waals surface area (Å²) in [6, 6.07) is 0. The van der Waals surface area contributed by atoms with Crippen LogP contribution in [0.15, 0.2) is 12.2 Å². The first-order chi connectivity index (χ1) is 5.65. The van der Waals surface area contributed by atoms with Crippen molar-refractivity contribution in [1.29, 1.82) is 0 Å². The smallest absolute Gasteiger partial charge is 0.184 e. The van der Waals surface area contributed by atoms with Crippen molar-refractivity contribution in [2.24, 2.45) is 5.92 Å². The molecule has 0 radical (unpaired) electrons. The summed E-state index contributed by atoms with van der Waals surface area (Å²) in [5, 5.41) is 0. The summed E-state index contributed by atoms with van der Waals surface area (Å²) >= 11 is 0. The van der Waals surface area contributed by atoms with Crippen LogP contribution in [0.3, 0.4) is 0 Å². The topological polar surface area (TPSA) is 35.5 Å². The molecule has 0 aromatic heterocycles. The molecule has 1 aliphatic rings. The number of methoxy groups -OCH3 is 1. The standard InChI is InChI=1S/C9H14O3/c1-6(2)9-7(10)4-5-8(11-3)12-9/h4-6,8-9H,1-3H3. The molecule has 12 heavy (non-hydrogen) atoms. The Morgan fingerprint density at radius 1 is 1.58 bits per heavy atom. The van der Waals surface area contributed by atoms with Crippen LogP contribution in [0, 0.1) is 5.92 Å². The summed E-state index contributed by atoms with van der Waals surface area (Å²) in [4.78, 5) is 11.2. The van der Waals surface area contributed by atoms with Crippen molar-refractivity contribution in [3.8, 4) is 0 Å². The van der Waals surface area contributed by atoms with Crippen LogP contribution in [0.1, 0.15) is 13.8 Å². The van der Waals surface area contributed by atoms with Gasteiger partial charge in [-0.05, 0) is 18.1 Å². The fraction of sp³-hybridized carbons (Fsp3) is 0.667. The van der Waals surface area contributed by atoms with Crippen LogP contribution in [0.4, 0.5) is 0 Å². The lowest BCUT2D eigenvalue weighted by Crippen LogP contribution is -2.36. The van der Waals surface area contributed by atoms with Crippen LogP contribution >= 0.6 is 0 Å². The molecule has 3 nitrogen and oxygen atoms in total. The van der Waals surface area contributed by atoms with Gasteiger partial charge in [0.25, 0.3) is 0 Å². The summed E-state index contributed by atoms with van der Waals surface area (Å²) in [5.41, 5.74) is 0. The average molecular weight is 170 g/mol. The van der Waals surface area contributed by atoms with Crippen molar-refractivity contribution in [3.63, 3.8) is 0 Å². The molecule has 0 bridgehead atoms. The number of hydrogen-bond acceptors (Lipinski definition) is 3. The van der Waals surface area contributed by atoms with E-state index in [0.29, 0.717) is 0 Å². The monoisotopic (exact) mass is 170 g/mol. The lowest BCUT2D eigenvalue weighted by molar-refractivity contribution is -0.161. The molecule has 0 fully saturated rings. The van der Waals surface area contributed by atoms with E-state index in [9.17, 15) is 4.79 Å². The molecule has 2 atom stereocenters. The molecule has 0 saturated heterocycles. The Morgan fingerprint density at radius 2 is 2.25 bits per heavy atom. The first-order valence-corrected chi connectivity index (χ1v) is 4.05. The third-order valence-corrected chi connectivity index (χ3v) is 1.82. The Bertz CT molecular complexity index is 196. The number of rotatable bonds is 2. The largest absolute Gasteiger partial charge is 0.352 e. The van der Waals surface area contributed by atoms with Gasteiger partial charge in [-0.1, -0.05) is 13.8 Å². The molecule has 0 aromatic carbocycles. The van der Waals surface area contributed by atoms with E-state index >= 15 is 0 Å². The molecule has 2 unspecified atom stereocenters. The summed E-state index contributed by atoms with van der Waals surface area (Å²) in [6.07, 6.45) is 2.44. The van der Waals surface area contributed by atoms with Crippen molar-refractivity contribution in [3.05, 3.63) is 12.2 Å². The maximum atomic E-state index is 11.2. The molecule has 0 saturated carbocycles. The highest BCUT2D eigenvalue weighted by molar-refractivity contribution is 5.94. The molecule has 68 valence electrons. The van der Waals surface area contributed by atoms with E-state index < -0.39 is 0 Å². The second-order valence-electron chi connectivity index (χ2n) is 3.17. The molecule has 0 N–H and O–H groups in total. The molecule has 1 rings (SSSR count). The lowest BCUT2D eigenvalue weighted by atomic mass is 10.0. The Morgan fingerprint density at radius 3 is 2.75 bits per heavy atom. The van der Waals surface area contributed by atoms with Gasteiger partial charge in [0.1, 0.15) is 6.10 Å². The predicted molar refractivity (Wildman–Crippen MR) is 44.7 cm³/mol. The average Bonchev–Trinajstić information content (AvgIpc) is 2.05.